The van der Waals surface area contributed by atoms with Crippen molar-refractivity contribution in [1.29, 1.82) is 0 Å². The number of aromatic nitrogens is 1. The molecular formula is C18H17BrN4O5S. The van der Waals surface area contributed by atoms with Gasteiger partial charge in [0, 0.05) is 15.4 Å². The van der Waals surface area contributed by atoms with Crippen LogP contribution < -0.4 is 10.6 Å². The molecule has 2 aromatic rings. The maximum atomic E-state index is 12.0. The van der Waals surface area contributed by atoms with Crippen molar-refractivity contribution >= 4 is 56.2 Å². The molecule has 1 aromatic carbocycles. The summed E-state index contributed by atoms with van der Waals surface area (Å²) in [6, 6.07) is 6.89. The van der Waals surface area contributed by atoms with Crippen molar-refractivity contribution in [2.45, 2.75) is 19.4 Å². The zero-order valence-corrected chi connectivity index (χ0v) is 17.9. The van der Waals surface area contributed by atoms with Crippen LogP contribution >= 0.6 is 27.3 Å². The number of hydrogen-bond donors (Lipinski definition) is 2. The second kappa shape index (κ2) is 8.29. The van der Waals surface area contributed by atoms with Crippen molar-refractivity contribution in [2.24, 2.45) is 0 Å². The van der Waals surface area contributed by atoms with Crippen molar-refractivity contribution in [3.8, 4) is 11.3 Å². The van der Waals surface area contributed by atoms with E-state index in [0.717, 1.165) is 14.9 Å². The lowest BCUT2D eigenvalue weighted by Gasteiger charge is -2.15. The Morgan fingerprint density at radius 2 is 2.10 bits per heavy atom. The summed E-state index contributed by atoms with van der Waals surface area (Å²) in [5.74, 6) is -1.98. The zero-order chi connectivity index (χ0) is 21.2. The average Bonchev–Trinajstić information content (AvgIpc) is 3.18. The molecule has 0 spiro atoms. The number of carbonyl (C=O) groups excluding carboxylic acids is 4. The number of hydrogen-bond acceptors (Lipinski definition) is 7. The third-order valence-corrected chi connectivity index (χ3v) is 5.22. The van der Waals surface area contributed by atoms with Crippen LogP contribution in [0.15, 0.2) is 34.1 Å². The maximum Gasteiger partial charge on any atom is 0.326 e. The van der Waals surface area contributed by atoms with Crippen molar-refractivity contribution in [3.63, 3.8) is 0 Å². The lowest BCUT2D eigenvalue weighted by Crippen LogP contribution is -2.41. The molecule has 2 N–H and O–H groups in total. The molecule has 1 saturated heterocycles. The number of thiazole rings is 1. The SMILES string of the molecule is CC1(C)NC(=O)N(CC(=O)OCC(=O)Nc2nc(-c3cccc(Br)c3)cs2)C1=O. The van der Waals surface area contributed by atoms with E-state index in [1.807, 2.05) is 24.3 Å². The van der Waals surface area contributed by atoms with Crippen molar-refractivity contribution in [2.75, 3.05) is 18.5 Å². The molecule has 2 heterocycles. The topological polar surface area (TPSA) is 118 Å². The molecule has 1 aliphatic rings. The molecule has 1 aromatic heterocycles. The Kier molecular flexibility index (Phi) is 5.99. The predicted octanol–water partition coefficient (Wildman–Crippen LogP) is 2.38. The Labute approximate surface area is 178 Å². The number of carbonyl (C=O) groups is 4. The maximum absolute atomic E-state index is 12.0. The second-order valence-electron chi connectivity index (χ2n) is 6.70. The number of nitrogens with zero attached hydrogens (tertiary/aromatic N) is 2. The summed E-state index contributed by atoms with van der Waals surface area (Å²) in [4.78, 5) is 52.8. The highest BCUT2D eigenvalue weighted by Gasteiger charge is 2.45. The van der Waals surface area contributed by atoms with Crippen LogP contribution in [0.25, 0.3) is 11.3 Å². The third-order valence-electron chi connectivity index (χ3n) is 3.97. The van der Waals surface area contributed by atoms with E-state index in [0.29, 0.717) is 10.8 Å². The van der Waals surface area contributed by atoms with Gasteiger partial charge in [-0.15, -0.1) is 11.3 Å². The Hall–Kier alpha value is -2.79. The number of halogens is 1. The van der Waals surface area contributed by atoms with Crippen LogP contribution in [-0.2, 0) is 19.1 Å². The van der Waals surface area contributed by atoms with E-state index in [1.54, 1.807) is 5.38 Å². The predicted molar refractivity (Wildman–Crippen MR) is 109 cm³/mol. The quantitative estimate of drug-likeness (QED) is 0.484. The Morgan fingerprint density at radius 1 is 1.34 bits per heavy atom. The molecule has 4 amide bonds. The van der Waals surface area contributed by atoms with Gasteiger partial charge in [0.1, 0.15) is 12.1 Å². The van der Waals surface area contributed by atoms with E-state index in [-0.39, 0.29) is 0 Å². The summed E-state index contributed by atoms with van der Waals surface area (Å²) in [5.41, 5.74) is 0.509. The molecule has 152 valence electrons. The van der Waals surface area contributed by atoms with Gasteiger partial charge in [-0.25, -0.2) is 9.78 Å². The molecular weight excluding hydrogens is 464 g/mol. The van der Waals surface area contributed by atoms with Gasteiger partial charge in [0.25, 0.3) is 11.8 Å². The second-order valence-corrected chi connectivity index (χ2v) is 8.48. The average molecular weight is 481 g/mol. The first-order valence-electron chi connectivity index (χ1n) is 8.47. The molecule has 0 unspecified atom stereocenters. The van der Waals surface area contributed by atoms with Crippen molar-refractivity contribution < 1.29 is 23.9 Å². The minimum atomic E-state index is -1.08. The monoisotopic (exact) mass is 480 g/mol. The van der Waals surface area contributed by atoms with Gasteiger partial charge in [0.2, 0.25) is 0 Å². The molecule has 1 fully saturated rings. The Balaban J connectivity index is 1.50. The van der Waals surface area contributed by atoms with Gasteiger partial charge in [-0.1, -0.05) is 28.1 Å². The van der Waals surface area contributed by atoms with E-state index in [4.69, 9.17) is 4.74 Å². The Morgan fingerprint density at radius 3 is 2.76 bits per heavy atom. The lowest BCUT2D eigenvalue weighted by molar-refractivity contribution is -0.150. The minimum Gasteiger partial charge on any atom is -0.454 e. The van der Waals surface area contributed by atoms with Gasteiger partial charge in [-0.3, -0.25) is 24.6 Å². The molecule has 11 heteroatoms. The normalized spacial score (nSPS) is 15.2. The molecule has 29 heavy (non-hydrogen) atoms. The zero-order valence-electron chi connectivity index (χ0n) is 15.5. The largest absolute Gasteiger partial charge is 0.454 e. The summed E-state index contributed by atoms with van der Waals surface area (Å²) in [6.07, 6.45) is 0. The van der Waals surface area contributed by atoms with Gasteiger partial charge in [-0.2, -0.15) is 0 Å². The van der Waals surface area contributed by atoms with Crippen molar-refractivity contribution in [1.82, 2.24) is 15.2 Å². The van der Waals surface area contributed by atoms with Crippen LogP contribution in [0.1, 0.15) is 13.8 Å². The number of urea groups is 1. The van der Waals surface area contributed by atoms with E-state index < -0.39 is 42.5 Å². The van der Waals surface area contributed by atoms with Gasteiger partial charge in [0.05, 0.1) is 5.69 Å². The number of rotatable bonds is 6. The Bertz CT molecular complexity index is 990. The molecule has 1 aliphatic heterocycles. The highest BCUT2D eigenvalue weighted by molar-refractivity contribution is 9.10. The molecule has 0 radical (unpaired) electrons. The van der Waals surface area contributed by atoms with Crippen LogP contribution in [0.5, 0.6) is 0 Å². The number of nitrogens with one attached hydrogen (secondary N) is 2. The van der Waals surface area contributed by atoms with Gasteiger partial charge in [-0.05, 0) is 26.0 Å². The van der Waals surface area contributed by atoms with Gasteiger partial charge >= 0.3 is 12.0 Å². The fourth-order valence-corrected chi connectivity index (χ4v) is 3.68. The van der Waals surface area contributed by atoms with E-state index in [2.05, 4.69) is 31.5 Å². The first-order chi connectivity index (χ1) is 13.7. The van der Waals surface area contributed by atoms with Crippen LogP contribution in [0.3, 0.4) is 0 Å². The number of anilines is 1. The van der Waals surface area contributed by atoms with Crippen molar-refractivity contribution in [3.05, 3.63) is 34.1 Å². The van der Waals surface area contributed by atoms with Crippen LogP contribution in [-0.4, -0.2) is 52.4 Å². The van der Waals surface area contributed by atoms with Gasteiger partial charge < -0.3 is 10.1 Å². The molecule has 0 aliphatic carbocycles. The standard InChI is InChI=1S/C18H17BrN4O5S/c1-18(2)15(26)23(17(27)22-18)7-14(25)28-8-13(24)21-16-20-12(9-29-16)10-4-3-5-11(19)6-10/h3-6,9H,7-8H2,1-2H3,(H,22,27)(H,20,21,24). The first-order valence-corrected chi connectivity index (χ1v) is 10.1. The summed E-state index contributed by atoms with van der Waals surface area (Å²) in [5, 5.41) is 7.15. The number of esters is 1. The fourth-order valence-electron chi connectivity index (χ4n) is 2.55. The molecule has 0 atom stereocenters. The summed E-state index contributed by atoms with van der Waals surface area (Å²) in [6.45, 7) is 1.94. The van der Waals surface area contributed by atoms with E-state index >= 15 is 0 Å². The fraction of sp³-hybridized carbons (Fsp3) is 0.278. The number of imide groups is 1. The van der Waals surface area contributed by atoms with Gasteiger partial charge in [0.15, 0.2) is 11.7 Å². The lowest BCUT2D eigenvalue weighted by atomic mass is 10.1. The van der Waals surface area contributed by atoms with E-state index in [1.165, 1.54) is 25.2 Å². The minimum absolute atomic E-state index is 0.358. The summed E-state index contributed by atoms with van der Waals surface area (Å²) >= 11 is 4.63. The van der Waals surface area contributed by atoms with E-state index in [9.17, 15) is 19.2 Å². The highest BCUT2D eigenvalue weighted by Crippen LogP contribution is 2.26. The number of ether oxygens (including phenoxy) is 1. The number of benzene rings is 1. The third kappa shape index (κ3) is 4.98. The van der Waals surface area contributed by atoms with Crippen LogP contribution in [0, 0.1) is 0 Å². The highest BCUT2D eigenvalue weighted by atomic mass is 79.9. The smallest absolute Gasteiger partial charge is 0.326 e. The van der Waals surface area contributed by atoms with Crippen LogP contribution in [0.2, 0.25) is 0 Å². The molecule has 0 bridgehead atoms. The van der Waals surface area contributed by atoms with Crippen LogP contribution in [0.4, 0.5) is 9.93 Å². The summed E-state index contributed by atoms with van der Waals surface area (Å²) in [7, 11) is 0. The summed E-state index contributed by atoms with van der Waals surface area (Å²) < 4.78 is 5.77. The number of amides is 4. The molecule has 0 saturated carbocycles. The first kappa shape index (κ1) is 20.9. The molecule has 3 rings (SSSR count). The molecule has 9 nitrogen and oxygen atoms in total.